The summed E-state index contributed by atoms with van der Waals surface area (Å²) in [6.07, 6.45) is 0.691. The van der Waals surface area contributed by atoms with Gasteiger partial charge in [-0.3, -0.25) is 0 Å². The van der Waals surface area contributed by atoms with Gasteiger partial charge >= 0.3 is 6.03 Å². The minimum absolute atomic E-state index is 0.0618. The van der Waals surface area contributed by atoms with Gasteiger partial charge in [0.05, 0.1) is 13.2 Å². The highest BCUT2D eigenvalue weighted by Crippen LogP contribution is 2.21. The first-order chi connectivity index (χ1) is 11.5. The lowest BCUT2D eigenvalue weighted by atomic mass is 10.0. The van der Waals surface area contributed by atoms with Gasteiger partial charge in [-0.05, 0) is 44.5 Å². The van der Waals surface area contributed by atoms with Crippen molar-refractivity contribution in [2.24, 2.45) is 0 Å². The second-order valence-electron chi connectivity index (χ2n) is 5.81. The zero-order valence-corrected chi connectivity index (χ0v) is 14.0. The molecule has 6 nitrogen and oxygen atoms in total. The van der Waals surface area contributed by atoms with Crippen molar-refractivity contribution in [3.63, 3.8) is 0 Å². The minimum atomic E-state index is -1.25. The molecule has 0 aliphatic heterocycles. The molecule has 0 bridgehead atoms. The second kappa shape index (κ2) is 8.40. The van der Waals surface area contributed by atoms with Crippen molar-refractivity contribution in [1.29, 1.82) is 0 Å². The summed E-state index contributed by atoms with van der Waals surface area (Å²) in [6, 6.07) is 12.7. The highest BCUT2D eigenvalue weighted by Gasteiger charge is 2.27. The van der Waals surface area contributed by atoms with Gasteiger partial charge in [-0.1, -0.05) is 18.2 Å². The number of nitrogens with one attached hydrogen (secondary N) is 2. The Bertz CT molecular complexity index is 637. The fourth-order valence-corrected chi connectivity index (χ4v) is 2.11. The lowest BCUT2D eigenvalue weighted by molar-refractivity contribution is 0.0360. The van der Waals surface area contributed by atoms with Crippen LogP contribution in [0.3, 0.4) is 0 Å². The predicted molar refractivity (Wildman–Crippen MR) is 91.0 cm³/mol. The van der Waals surface area contributed by atoms with Crippen molar-refractivity contribution in [1.82, 2.24) is 10.6 Å². The molecule has 0 aliphatic rings. The van der Waals surface area contributed by atoms with E-state index in [4.69, 9.17) is 9.15 Å². The number of urea groups is 1. The van der Waals surface area contributed by atoms with Crippen LogP contribution in [0.4, 0.5) is 4.79 Å². The van der Waals surface area contributed by atoms with Gasteiger partial charge in [0.15, 0.2) is 0 Å². The van der Waals surface area contributed by atoms with E-state index in [1.165, 1.54) is 0 Å². The van der Waals surface area contributed by atoms with E-state index in [0.29, 0.717) is 31.1 Å². The van der Waals surface area contributed by atoms with Crippen molar-refractivity contribution in [3.8, 4) is 5.75 Å². The largest absolute Gasteiger partial charge is 0.494 e. The first-order valence-electron chi connectivity index (χ1n) is 7.96. The summed E-state index contributed by atoms with van der Waals surface area (Å²) in [5.41, 5.74) is -1.25. The van der Waals surface area contributed by atoms with E-state index in [2.05, 4.69) is 10.6 Å². The number of carbonyl (C=O) groups is 1. The highest BCUT2D eigenvalue weighted by atomic mass is 16.5. The van der Waals surface area contributed by atoms with Crippen LogP contribution >= 0.6 is 0 Å². The standard InChI is InChI=1S/C18H24N2O4/c1-14-9-10-16(24-14)18(2,22)13-20-17(21)19-11-6-12-23-15-7-4-3-5-8-15/h3-5,7-10,22H,6,11-13H2,1-2H3,(H2,19,20,21). The summed E-state index contributed by atoms with van der Waals surface area (Å²) in [5.74, 6) is 1.96. The normalized spacial score (nSPS) is 13.1. The van der Waals surface area contributed by atoms with Crippen molar-refractivity contribution >= 4 is 6.03 Å². The van der Waals surface area contributed by atoms with Gasteiger partial charge in [0.2, 0.25) is 0 Å². The molecule has 0 saturated carbocycles. The van der Waals surface area contributed by atoms with Crippen LogP contribution in [-0.4, -0.2) is 30.8 Å². The summed E-state index contributed by atoms with van der Waals surface area (Å²) < 4.78 is 10.9. The first-order valence-corrected chi connectivity index (χ1v) is 7.96. The fourth-order valence-electron chi connectivity index (χ4n) is 2.11. The molecule has 2 amide bonds. The van der Waals surface area contributed by atoms with Crippen LogP contribution in [0.15, 0.2) is 46.9 Å². The number of ether oxygens (including phenoxy) is 1. The average Bonchev–Trinajstić information content (AvgIpc) is 3.01. The molecule has 130 valence electrons. The lowest BCUT2D eigenvalue weighted by Gasteiger charge is -2.21. The molecule has 1 unspecified atom stereocenters. The number of benzene rings is 1. The third-order valence-electron chi connectivity index (χ3n) is 3.48. The molecule has 0 aliphatic carbocycles. The van der Waals surface area contributed by atoms with E-state index in [9.17, 15) is 9.90 Å². The molecule has 6 heteroatoms. The van der Waals surface area contributed by atoms with Crippen LogP contribution in [0.5, 0.6) is 5.75 Å². The summed E-state index contributed by atoms with van der Waals surface area (Å²) in [5, 5.41) is 15.7. The molecule has 2 rings (SSSR count). The number of hydrogen-bond donors (Lipinski definition) is 3. The Morgan fingerprint density at radius 3 is 2.62 bits per heavy atom. The fraction of sp³-hybridized carbons (Fsp3) is 0.389. The molecule has 1 aromatic carbocycles. The number of carbonyl (C=O) groups excluding carboxylic acids is 1. The van der Waals surface area contributed by atoms with E-state index in [1.807, 2.05) is 30.3 Å². The van der Waals surface area contributed by atoms with Crippen LogP contribution in [-0.2, 0) is 5.60 Å². The maximum Gasteiger partial charge on any atom is 0.314 e. The Hall–Kier alpha value is -2.47. The Kier molecular flexibility index (Phi) is 6.26. The third kappa shape index (κ3) is 5.62. The van der Waals surface area contributed by atoms with E-state index in [1.54, 1.807) is 26.0 Å². The number of para-hydroxylation sites is 1. The van der Waals surface area contributed by atoms with Gasteiger partial charge in [-0.2, -0.15) is 0 Å². The molecule has 24 heavy (non-hydrogen) atoms. The molecule has 1 atom stereocenters. The summed E-state index contributed by atoms with van der Waals surface area (Å²) >= 11 is 0. The van der Waals surface area contributed by atoms with Crippen molar-refractivity contribution in [2.75, 3.05) is 19.7 Å². The molecule has 0 saturated heterocycles. The number of rotatable bonds is 8. The van der Waals surface area contributed by atoms with Crippen LogP contribution < -0.4 is 15.4 Å². The van der Waals surface area contributed by atoms with E-state index in [-0.39, 0.29) is 12.6 Å². The van der Waals surface area contributed by atoms with Crippen LogP contribution in [0.1, 0.15) is 24.9 Å². The molecular weight excluding hydrogens is 308 g/mol. The van der Waals surface area contributed by atoms with Crippen LogP contribution in [0, 0.1) is 6.92 Å². The molecule has 0 spiro atoms. The minimum Gasteiger partial charge on any atom is -0.494 e. The van der Waals surface area contributed by atoms with Gasteiger partial charge in [0.1, 0.15) is 22.9 Å². The molecule has 2 aromatic rings. The molecule has 3 N–H and O–H groups in total. The average molecular weight is 332 g/mol. The quantitative estimate of drug-likeness (QED) is 0.649. The Morgan fingerprint density at radius 2 is 1.96 bits per heavy atom. The van der Waals surface area contributed by atoms with Gasteiger partial charge < -0.3 is 24.9 Å². The number of aliphatic hydroxyl groups is 1. The summed E-state index contributed by atoms with van der Waals surface area (Å²) in [6.45, 7) is 4.47. The zero-order valence-electron chi connectivity index (χ0n) is 14.0. The number of amides is 2. The van der Waals surface area contributed by atoms with Crippen LogP contribution in [0.2, 0.25) is 0 Å². The monoisotopic (exact) mass is 332 g/mol. The van der Waals surface area contributed by atoms with Crippen LogP contribution in [0.25, 0.3) is 0 Å². The topological polar surface area (TPSA) is 83.7 Å². The second-order valence-corrected chi connectivity index (χ2v) is 5.81. The van der Waals surface area contributed by atoms with Crippen molar-refractivity contribution in [3.05, 3.63) is 54.0 Å². The van der Waals surface area contributed by atoms with E-state index in [0.717, 1.165) is 5.75 Å². The number of hydrogen-bond acceptors (Lipinski definition) is 4. The SMILES string of the molecule is Cc1ccc(C(C)(O)CNC(=O)NCCCOc2ccccc2)o1. The Balaban J connectivity index is 1.61. The molecule has 0 radical (unpaired) electrons. The van der Waals surface area contributed by atoms with Gasteiger partial charge in [0.25, 0.3) is 0 Å². The summed E-state index contributed by atoms with van der Waals surface area (Å²) in [4.78, 5) is 11.8. The molecule has 1 aromatic heterocycles. The first kappa shape index (κ1) is 17.9. The van der Waals surface area contributed by atoms with Crippen molar-refractivity contribution in [2.45, 2.75) is 25.9 Å². The Morgan fingerprint density at radius 1 is 1.21 bits per heavy atom. The predicted octanol–water partition coefficient (Wildman–Crippen LogP) is 2.56. The van der Waals surface area contributed by atoms with E-state index >= 15 is 0 Å². The van der Waals surface area contributed by atoms with Gasteiger partial charge in [-0.15, -0.1) is 0 Å². The molecular formula is C18H24N2O4. The van der Waals surface area contributed by atoms with Gasteiger partial charge in [0, 0.05) is 6.54 Å². The lowest BCUT2D eigenvalue weighted by Crippen LogP contribution is -2.43. The molecule has 0 fully saturated rings. The number of furan rings is 1. The Labute approximate surface area is 141 Å². The van der Waals surface area contributed by atoms with E-state index < -0.39 is 5.60 Å². The highest BCUT2D eigenvalue weighted by molar-refractivity contribution is 5.73. The van der Waals surface area contributed by atoms with Crippen molar-refractivity contribution < 1.29 is 19.1 Å². The maximum atomic E-state index is 11.8. The third-order valence-corrected chi connectivity index (χ3v) is 3.48. The maximum absolute atomic E-state index is 11.8. The summed E-state index contributed by atoms with van der Waals surface area (Å²) in [7, 11) is 0. The zero-order chi connectivity index (χ0) is 17.4. The number of aryl methyl sites for hydroxylation is 1. The molecule has 1 heterocycles. The smallest absolute Gasteiger partial charge is 0.314 e. The van der Waals surface area contributed by atoms with Gasteiger partial charge in [-0.25, -0.2) is 4.79 Å².